The maximum Gasteiger partial charge on any atom is 0.264 e. The van der Waals surface area contributed by atoms with Crippen molar-refractivity contribution in [3.05, 3.63) is 112 Å². The van der Waals surface area contributed by atoms with Crippen LogP contribution in [0.4, 0.5) is 5.69 Å². The summed E-state index contributed by atoms with van der Waals surface area (Å²) >= 11 is 5.87. The molecular weight excluding hydrogens is 476 g/mol. The second kappa shape index (κ2) is 10.0. The lowest BCUT2D eigenvalue weighted by atomic mass is 10.2. The average Bonchev–Trinajstić information content (AvgIpc) is 2.84. The molecule has 8 nitrogen and oxygen atoms in total. The van der Waals surface area contributed by atoms with Crippen LogP contribution in [0, 0.1) is 0 Å². The summed E-state index contributed by atoms with van der Waals surface area (Å²) in [6.45, 7) is 0.156. The van der Waals surface area contributed by atoms with Crippen molar-refractivity contribution in [3.8, 4) is 11.4 Å². The maximum absolute atomic E-state index is 12.5. The van der Waals surface area contributed by atoms with Crippen molar-refractivity contribution in [2.24, 2.45) is 0 Å². The number of H-pyrrole nitrogens is 1. The standard InChI is InChI=1S/C24H19ClN4O4S/c25-18-8-6-17(7-9-18)22-26-15-21(24(31)29-22)23(30)28-19-10-12-20(13-11-19)34(32,33)27-14-16-4-2-1-3-5-16/h1-13,15,27H,14H2,(H,28,30)(H,26,29,31). The van der Waals surface area contributed by atoms with E-state index < -0.39 is 21.5 Å². The Morgan fingerprint density at radius 3 is 2.26 bits per heavy atom. The van der Waals surface area contributed by atoms with Crippen molar-refractivity contribution in [2.75, 3.05) is 5.32 Å². The van der Waals surface area contributed by atoms with E-state index in [4.69, 9.17) is 11.6 Å². The molecule has 10 heteroatoms. The number of rotatable bonds is 7. The van der Waals surface area contributed by atoms with Crippen LogP contribution in [-0.4, -0.2) is 24.3 Å². The molecule has 0 spiro atoms. The number of hydrogen-bond donors (Lipinski definition) is 3. The van der Waals surface area contributed by atoms with Gasteiger partial charge in [-0.3, -0.25) is 9.59 Å². The number of carbonyl (C=O) groups excluding carboxylic acids is 1. The minimum absolute atomic E-state index is 0.0493. The molecule has 0 saturated carbocycles. The number of sulfonamides is 1. The third kappa shape index (κ3) is 5.57. The number of carbonyl (C=O) groups is 1. The molecule has 3 aromatic carbocycles. The van der Waals surface area contributed by atoms with Gasteiger partial charge in [0.15, 0.2) is 0 Å². The minimum atomic E-state index is -3.73. The van der Waals surface area contributed by atoms with Gasteiger partial charge in [0.2, 0.25) is 10.0 Å². The fraction of sp³-hybridized carbons (Fsp3) is 0.0417. The van der Waals surface area contributed by atoms with Crippen LogP contribution in [0.3, 0.4) is 0 Å². The molecule has 4 rings (SSSR count). The lowest BCUT2D eigenvalue weighted by Gasteiger charge is -2.09. The number of halogens is 1. The summed E-state index contributed by atoms with van der Waals surface area (Å²) in [6, 6.07) is 21.5. The second-order valence-corrected chi connectivity index (χ2v) is 9.47. The van der Waals surface area contributed by atoms with Crippen LogP contribution in [0.2, 0.25) is 5.02 Å². The number of aromatic nitrogens is 2. The quantitative estimate of drug-likeness (QED) is 0.360. The van der Waals surface area contributed by atoms with Crippen molar-refractivity contribution in [2.45, 2.75) is 11.4 Å². The monoisotopic (exact) mass is 494 g/mol. The zero-order chi connectivity index (χ0) is 24.1. The minimum Gasteiger partial charge on any atom is -0.322 e. The maximum atomic E-state index is 12.5. The van der Waals surface area contributed by atoms with Gasteiger partial charge in [0, 0.05) is 29.0 Å². The summed E-state index contributed by atoms with van der Waals surface area (Å²) in [5, 5.41) is 3.12. The van der Waals surface area contributed by atoms with Crippen LogP contribution < -0.4 is 15.6 Å². The molecule has 0 aliphatic heterocycles. The third-order valence-electron chi connectivity index (χ3n) is 4.89. The highest BCUT2D eigenvalue weighted by Gasteiger charge is 2.16. The highest BCUT2D eigenvalue weighted by Crippen LogP contribution is 2.18. The highest BCUT2D eigenvalue weighted by atomic mass is 35.5. The topological polar surface area (TPSA) is 121 Å². The summed E-state index contributed by atoms with van der Waals surface area (Å²) in [7, 11) is -3.73. The van der Waals surface area contributed by atoms with Gasteiger partial charge in [-0.2, -0.15) is 0 Å². The molecule has 34 heavy (non-hydrogen) atoms. The number of nitrogens with zero attached hydrogens (tertiary/aromatic N) is 1. The van der Waals surface area contributed by atoms with E-state index in [0.717, 1.165) is 5.56 Å². The van der Waals surface area contributed by atoms with E-state index in [1.807, 2.05) is 30.3 Å². The molecule has 0 unspecified atom stereocenters. The van der Waals surface area contributed by atoms with Crippen LogP contribution >= 0.6 is 11.6 Å². The highest BCUT2D eigenvalue weighted by molar-refractivity contribution is 7.89. The number of benzene rings is 3. The molecule has 4 aromatic rings. The zero-order valence-electron chi connectivity index (χ0n) is 17.7. The summed E-state index contributed by atoms with van der Waals surface area (Å²) in [4.78, 5) is 31.7. The van der Waals surface area contributed by atoms with E-state index in [-0.39, 0.29) is 17.0 Å². The summed E-state index contributed by atoms with van der Waals surface area (Å²) in [6.07, 6.45) is 1.18. The Labute approximate surface area is 200 Å². The number of aromatic amines is 1. The molecule has 0 aliphatic carbocycles. The Bertz CT molecular complexity index is 1470. The first kappa shape index (κ1) is 23.4. The van der Waals surface area contributed by atoms with Gasteiger partial charge in [0.25, 0.3) is 11.5 Å². The zero-order valence-corrected chi connectivity index (χ0v) is 19.2. The molecule has 0 bridgehead atoms. The Kier molecular flexibility index (Phi) is 6.87. The first-order chi connectivity index (χ1) is 16.3. The van der Waals surface area contributed by atoms with Crippen molar-refractivity contribution in [1.29, 1.82) is 0 Å². The number of amides is 1. The molecule has 0 atom stereocenters. The molecule has 1 aromatic heterocycles. The average molecular weight is 495 g/mol. The van der Waals surface area contributed by atoms with Gasteiger partial charge in [0.1, 0.15) is 11.4 Å². The SMILES string of the molecule is O=C(Nc1ccc(S(=O)(=O)NCc2ccccc2)cc1)c1cnc(-c2ccc(Cl)cc2)[nH]c1=O. The van der Waals surface area contributed by atoms with E-state index in [2.05, 4.69) is 20.0 Å². The molecular formula is C24H19ClN4O4S. The van der Waals surface area contributed by atoms with Crippen LogP contribution in [-0.2, 0) is 16.6 Å². The van der Waals surface area contributed by atoms with Gasteiger partial charge >= 0.3 is 0 Å². The van der Waals surface area contributed by atoms with Gasteiger partial charge in [-0.25, -0.2) is 18.1 Å². The van der Waals surface area contributed by atoms with Crippen LogP contribution in [0.15, 0.2) is 94.7 Å². The van der Waals surface area contributed by atoms with Crippen LogP contribution in [0.1, 0.15) is 15.9 Å². The first-order valence-electron chi connectivity index (χ1n) is 10.1. The number of nitrogens with one attached hydrogen (secondary N) is 3. The summed E-state index contributed by atoms with van der Waals surface area (Å²) < 4.78 is 27.6. The van der Waals surface area contributed by atoms with E-state index in [0.29, 0.717) is 22.1 Å². The van der Waals surface area contributed by atoms with Gasteiger partial charge in [-0.05, 0) is 54.1 Å². The molecule has 0 radical (unpaired) electrons. The van der Waals surface area contributed by atoms with Crippen molar-refractivity contribution < 1.29 is 13.2 Å². The Hall–Kier alpha value is -3.79. The van der Waals surface area contributed by atoms with E-state index in [1.165, 1.54) is 30.5 Å². The summed E-state index contributed by atoms with van der Waals surface area (Å²) in [5.41, 5.74) is 1.01. The molecule has 0 saturated heterocycles. The van der Waals surface area contributed by atoms with Gasteiger partial charge in [-0.1, -0.05) is 41.9 Å². The molecule has 1 heterocycles. The van der Waals surface area contributed by atoms with E-state index in [9.17, 15) is 18.0 Å². The van der Waals surface area contributed by atoms with Gasteiger partial charge in [0.05, 0.1) is 4.90 Å². The smallest absolute Gasteiger partial charge is 0.264 e. The fourth-order valence-electron chi connectivity index (χ4n) is 3.08. The molecule has 0 aliphatic rings. The van der Waals surface area contributed by atoms with Crippen LogP contribution in [0.5, 0.6) is 0 Å². The van der Waals surface area contributed by atoms with Crippen LogP contribution in [0.25, 0.3) is 11.4 Å². The third-order valence-corrected chi connectivity index (χ3v) is 6.56. The van der Waals surface area contributed by atoms with Crippen molar-refractivity contribution >= 4 is 33.2 Å². The molecule has 1 amide bonds. The van der Waals surface area contributed by atoms with Gasteiger partial charge in [-0.15, -0.1) is 0 Å². The largest absolute Gasteiger partial charge is 0.322 e. The predicted octanol–water partition coefficient (Wildman–Crippen LogP) is 3.82. The Balaban J connectivity index is 1.43. The Morgan fingerprint density at radius 2 is 1.62 bits per heavy atom. The first-order valence-corrected chi connectivity index (χ1v) is 12.0. The van der Waals surface area contributed by atoms with E-state index in [1.54, 1.807) is 24.3 Å². The summed E-state index contributed by atoms with van der Waals surface area (Å²) in [5.74, 6) is -0.370. The number of anilines is 1. The van der Waals surface area contributed by atoms with Gasteiger partial charge < -0.3 is 10.3 Å². The second-order valence-electron chi connectivity index (χ2n) is 7.27. The number of hydrogen-bond acceptors (Lipinski definition) is 5. The van der Waals surface area contributed by atoms with Crippen molar-refractivity contribution in [3.63, 3.8) is 0 Å². The predicted molar refractivity (Wildman–Crippen MR) is 130 cm³/mol. The fourth-order valence-corrected chi connectivity index (χ4v) is 4.23. The Morgan fingerprint density at radius 1 is 0.941 bits per heavy atom. The lowest BCUT2D eigenvalue weighted by Crippen LogP contribution is -2.24. The molecule has 3 N–H and O–H groups in total. The molecule has 0 fully saturated rings. The van der Waals surface area contributed by atoms with Crippen molar-refractivity contribution in [1.82, 2.24) is 14.7 Å². The normalized spacial score (nSPS) is 11.2. The lowest BCUT2D eigenvalue weighted by molar-refractivity contribution is 0.102. The van der Waals surface area contributed by atoms with E-state index >= 15 is 0 Å². The molecule has 172 valence electrons.